The molecule has 66 heavy (non-hydrogen) atoms. The van der Waals surface area contributed by atoms with Crippen molar-refractivity contribution in [3.8, 4) is 0 Å². The van der Waals surface area contributed by atoms with Crippen molar-refractivity contribution in [1.82, 2.24) is 41.5 Å². The number of aliphatic hydroxyl groups is 4. The smallest absolute Gasteiger partial charge is 0.330 e. The van der Waals surface area contributed by atoms with Gasteiger partial charge in [-0.2, -0.15) is 0 Å². The Bertz CT molecular complexity index is 1990. The van der Waals surface area contributed by atoms with Gasteiger partial charge in [0.15, 0.2) is 18.5 Å². The minimum absolute atomic E-state index is 0.0169. The zero-order chi connectivity index (χ0) is 49.2. The third kappa shape index (κ3) is 13.2. The summed E-state index contributed by atoms with van der Waals surface area (Å²) in [5.41, 5.74) is 9.80. The highest BCUT2D eigenvalue weighted by Crippen LogP contribution is 2.35. The van der Waals surface area contributed by atoms with Crippen molar-refractivity contribution in [2.75, 3.05) is 33.3 Å². The summed E-state index contributed by atoms with van der Waals surface area (Å²) >= 11 is 0. The maximum atomic E-state index is 13.9. The average molecular weight is 946 g/mol. The Labute approximate surface area is 377 Å². The topological polar surface area (TPSA) is 435 Å². The molecule has 1 aromatic rings. The zero-order valence-corrected chi connectivity index (χ0v) is 36.9. The number of carboxylic acids is 2. The van der Waals surface area contributed by atoms with E-state index >= 15 is 0 Å². The Balaban J connectivity index is 1.50. The van der Waals surface area contributed by atoms with Crippen LogP contribution in [0, 0.1) is 11.8 Å². The summed E-state index contributed by atoms with van der Waals surface area (Å²) in [6.45, 7) is 5.89. The Morgan fingerprint density at radius 1 is 0.924 bits per heavy atom. The van der Waals surface area contributed by atoms with Crippen LogP contribution in [-0.4, -0.2) is 195 Å². The molecule has 0 radical (unpaired) electrons. The van der Waals surface area contributed by atoms with Gasteiger partial charge in [-0.3, -0.25) is 33.7 Å². The van der Waals surface area contributed by atoms with E-state index in [0.29, 0.717) is 0 Å². The van der Waals surface area contributed by atoms with Crippen LogP contribution >= 0.6 is 0 Å². The number of carbonyl (C=O) groups excluding carboxylic acids is 3. The van der Waals surface area contributed by atoms with E-state index in [1.54, 1.807) is 27.7 Å². The lowest BCUT2D eigenvalue weighted by Gasteiger charge is -2.34. The van der Waals surface area contributed by atoms with Crippen LogP contribution in [0.4, 0.5) is 4.79 Å². The fourth-order valence-electron chi connectivity index (χ4n) is 7.59. The van der Waals surface area contributed by atoms with Gasteiger partial charge in [0, 0.05) is 39.0 Å². The number of aliphatic carboxylic acids is 2. The molecule has 1 aromatic heterocycles. The van der Waals surface area contributed by atoms with Crippen molar-refractivity contribution in [1.29, 1.82) is 0 Å². The predicted octanol–water partition coefficient (Wildman–Crippen LogP) is -6.90. The van der Waals surface area contributed by atoms with Gasteiger partial charge in [-0.05, 0) is 31.2 Å². The molecule has 372 valence electrons. The highest BCUT2D eigenvalue weighted by Gasteiger charge is 2.54. The molecule has 15 atom stereocenters. The molecular formula is C38H63N11O17. The van der Waals surface area contributed by atoms with Crippen LogP contribution in [0.2, 0.25) is 0 Å². The van der Waals surface area contributed by atoms with E-state index in [-0.39, 0.29) is 45.0 Å². The number of guanidine groups is 1. The molecule has 3 aliphatic rings. The largest absolute Gasteiger partial charge is 0.480 e. The van der Waals surface area contributed by atoms with Crippen molar-refractivity contribution in [3.63, 3.8) is 0 Å². The molecule has 0 aromatic carbocycles. The second-order valence-corrected chi connectivity index (χ2v) is 16.7. The van der Waals surface area contributed by atoms with Crippen LogP contribution in [0.25, 0.3) is 0 Å². The molecule has 1 unspecified atom stereocenters. The highest BCUT2D eigenvalue weighted by atomic mass is 16.7. The summed E-state index contributed by atoms with van der Waals surface area (Å²) in [4.78, 5) is 95.6. The van der Waals surface area contributed by atoms with Gasteiger partial charge in [0.1, 0.15) is 66.9 Å². The van der Waals surface area contributed by atoms with Gasteiger partial charge in [-0.25, -0.2) is 14.4 Å². The van der Waals surface area contributed by atoms with Crippen LogP contribution in [0.3, 0.4) is 0 Å². The Morgan fingerprint density at radius 2 is 1.61 bits per heavy atom. The Morgan fingerprint density at radius 3 is 2.18 bits per heavy atom. The first-order valence-corrected chi connectivity index (χ1v) is 21.2. The molecule has 0 saturated carbocycles. The zero-order valence-electron chi connectivity index (χ0n) is 36.9. The number of urea groups is 1. The summed E-state index contributed by atoms with van der Waals surface area (Å²) in [5, 5.41) is 79.5. The van der Waals surface area contributed by atoms with E-state index in [1.807, 2.05) is 4.98 Å². The lowest BCUT2D eigenvalue weighted by molar-refractivity contribution is -0.231. The van der Waals surface area contributed by atoms with E-state index in [2.05, 4.69) is 36.9 Å². The molecular weight excluding hydrogens is 882 g/mol. The number of aliphatic imine (C=N–C) groups is 1. The third-order valence-electron chi connectivity index (χ3n) is 11.3. The number of H-pyrrole nitrogens is 1. The van der Waals surface area contributed by atoms with E-state index in [1.165, 1.54) is 7.11 Å². The van der Waals surface area contributed by atoms with Crippen LogP contribution < -0.4 is 54.6 Å². The summed E-state index contributed by atoms with van der Waals surface area (Å²) in [7, 11) is 1.22. The molecule has 0 spiro atoms. The number of nitrogens with zero attached hydrogens (tertiary/aromatic N) is 2. The number of aromatic amines is 1. The van der Waals surface area contributed by atoms with Crippen molar-refractivity contribution in [2.24, 2.45) is 28.3 Å². The number of carbonyl (C=O) groups is 5. The lowest BCUT2D eigenvalue weighted by atomic mass is 9.97. The first-order chi connectivity index (χ1) is 31.1. The molecule has 0 bridgehead atoms. The maximum Gasteiger partial charge on any atom is 0.330 e. The minimum Gasteiger partial charge on any atom is -0.480 e. The molecule has 3 aliphatic heterocycles. The number of aromatic nitrogens is 2. The van der Waals surface area contributed by atoms with Gasteiger partial charge in [0.25, 0.3) is 5.56 Å². The fraction of sp³-hybridized carbons (Fsp3) is 0.737. The van der Waals surface area contributed by atoms with Gasteiger partial charge in [-0.15, -0.1) is 0 Å². The molecule has 17 N–H and O–H groups in total. The highest BCUT2D eigenvalue weighted by molar-refractivity contribution is 5.94. The minimum atomic E-state index is -1.91. The molecule has 4 amide bonds. The maximum absolute atomic E-state index is 13.9. The normalized spacial score (nSPS) is 28.0. The average Bonchev–Trinajstić information content (AvgIpc) is 3.72. The first kappa shape index (κ1) is 53.3. The number of hydrogen-bond donors (Lipinski definition) is 15. The summed E-state index contributed by atoms with van der Waals surface area (Å²) < 4.78 is 23.8. The molecule has 4 rings (SSSR count). The molecule has 0 aliphatic carbocycles. The standard InChI is InChI=1S/C38H63N11O17/c1-14(2)19(33(57)58)47-37(61)48-20(16-7-11-43-36(40)44-16)31(56)46-21(23(51)15(3)4)30(55)42-10-6-9-41-22(34(59)60)27(66-35-29(63-5)24(52)17(13-39)64-35)28-25(53)26(54)32(65-28)49-12-8-18(50)45-38(49)62/h8,12,14-17,19-29,32,35,41,51-54H,6-7,9-11,13,39H2,1-5H3,(H,42,55)(H,46,56)(H,57,58)(H,59,60)(H3,40,43,44)(H,45,50,62)(H2,47,48,61)/t16-,17+,19-,20-,21-,22-,23-,24+,25-,26+,27?,28-,29+,32+,35-/m0/s1. The summed E-state index contributed by atoms with van der Waals surface area (Å²) in [5.74, 6) is -5.85. The first-order valence-electron chi connectivity index (χ1n) is 21.2. The van der Waals surface area contributed by atoms with Crippen LogP contribution in [0.15, 0.2) is 26.8 Å². The van der Waals surface area contributed by atoms with Gasteiger partial charge in [-0.1, -0.05) is 27.7 Å². The van der Waals surface area contributed by atoms with Crippen molar-refractivity contribution < 1.29 is 73.6 Å². The van der Waals surface area contributed by atoms with Gasteiger partial charge < -0.3 is 93.0 Å². The van der Waals surface area contributed by atoms with Crippen molar-refractivity contribution >= 4 is 35.7 Å². The van der Waals surface area contributed by atoms with Crippen LogP contribution in [0.1, 0.15) is 46.8 Å². The number of nitrogens with one attached hydrogen (secondary N) is 7. The Hall–Kier alpha value is -5.30. The van der Waals surface area contributed by atoms with Crippen molar-refractivity contribution in [3.05, 3.63) is 33.1 Å². The number of hydrogen-bond acceptors (Lipinski definition) is 20. The quantitative estimate of drug-likeness (QED) is 0.0453. The fourth-order valence-corrected chi connectivity index (χ4v) is 7.59. The van der Waals surface area contributed by atoms with Crippen molar-refractivity contribution in [2.45, 2.75) is 132 Å². The molecule has 2 saturated heterocycles. The van der Waals surface area contributed by atoms with Crippen LogP contribution in [0.5, 0.6) is 0 Å². The number of carboxylic acid groups (broad SMARTS) is 2. The molecule has 28 nitrogen and oxygen atoms in total. The molecule has 4 heterocycles. The number of nitrogens with two attached hydrogens (primary N) is 2. The molecule has 2 fully saturated rings. The van der Waals surface area contributed by atoms with Gasteiger partial charge >= 0.3 is 23.7 Å². The number of rotatable bonds is 23. The van der Waals surface area contributed by atoms with E-state index in [4.69, 9.17) is 30.4 Å². The number of ether oxygens (including phenoxy) is 4. The van der Waals surface area contributed by atoms with Crippen LogP contribution in [-0.2, 0) is 38.1 Å². The molecule has 28 heteroatoms. The monoisotopic (exact) mass is 945 g/mol. The lowest BCUT2D eigenvalue weighted by Crippen LogP contribution is -2.66. The third-order valence-corrected chi connectivity index (χ3v) is 11.3. The second-order valence-electron chi connectivity index (χ2n) is 16.7. The number of methoxy groups -OCH3 is 1. The van der Waals surface area contributed by atoms with Gasteiger partial charge in [0.05, 0.1) is 12.1 Å². The Kier molecular flexibility index (Phi) is 19.3. The van der Waals surface area contributed by atoms with Gasteiger partial charge in [0.2, 0.25) is 11.8 Å². The second kappa shape index (κ2) is 23.9. The summed E-state index contributed by atoms with van der Waals surface area (Å²) in [6.07, 6.45) is -14.3. The van der Waals surface area contributed by atoms with E-state index in [9.17, 15) is 64.2 Å². The van der Waals surface area contributed by atoms with E-state index in [0.717, 1.165) is 16.8 Å². The van der Waals surface area contributed by atoms with E-state index < -0.39 is 144 Å². The number of amides is 4. The predicted molar refractivity (Wildman–Crippen MR) is 226 cm³/mol. The summed E-state index contributed by atoms with van der Waals surface area (Å²) in [6, 6.07) is -7.11. The SMILES string of the molecule is CO[C@H]1[C@H](OC([C@H](NCCCNC(=O)[C@@H](NC(=O)[C@@H](NC(=O)N[C@H](C(=O)O)C(C)C)[C@@H]2CCN=C(N)N2)[C@@H](O)C(C)C)C(=O)O)[C@H]2O[C@@H](n3ccc(=O)[nH]c3=O)[C@H](O)[C@@H]2O)O[C@H](CN)[C@H]1O. The number of aliphatic hydroxyl groups excluding tert-OH is 4.